The predicted octanol–water partition coefficient (Wildman–Crippen LogP) is 2.50. The molecule has 8 nitrogen and oxygen atoms in total. The van der Waals surface area contributed by atoms with Gasteiger partial charge in [0.1, 0.15) is 0 Å². The molecule has 0 spiro atoms. The second-order valence-electron chi connectivity index (χ2n) is 6.70. The van der Waals surface area contributed by atoms with E-state index in [-0.39, 0.29) is 18.4 Å². The van der Waals surface area contributed by atoms with Crippen molar-refractivity contribution in [2.24, 2.45) is 0 Å². The van der Waals surface area contributed by atoms with E-state index in [9.17, 15) is 4.79 Å². The Balaban J connectivity index is 1.66. The number of fused-ring (bicyclic) bond motifs is 1. The van der Waals surface area contributed by atoms with Crippen LogP contribution in [0.15, 0.2) is 23.5 Å². The molecule has 0 aromatic carbocycles. The fraction of sp³-hybridized carbons (Fsp3) is 0.421. The van der Waals surface area contributed by atoms with Gasteiger partial charge in [-0.1, -0.05) is 17.8 Å². The van der Waals surface area contributed by atoms with E-state index in [1.54, 1.807) is 10.7 Å². The van der Waals surface area contributed by atoms with Crippen molar-refractivity contribution in [2.45, 2.75) is 51.9 Å². The van der Waals surface area contributed by atoms with Crippen LogP contribution < -0.4 is 10.1 Å². The van der Waals surface area contributed by atoms with Gasteiger partial charge in [0.25, 0.3) is 5.78 Å². The van der Waals surface area contributed by atoms with Crippen molar-refractivity contribution in [3.05, 3.63) is 40.8 Å². The Kier molecular flexibility index (Phi) is 6.13. The van der Waals surface area contributed by atoms with Gasteiger partial charge in [-0.2, -0.15) is 4.98 Å². The summed E-state index contributed by atoms with van der Waals surface area (Å²) in [6.07, 6.45) is 3.94. The molecule has 3 aromatic heterocycles. The third kappa shape index (κ3) is 4.59. The molecule has 0 fully saturated rings. The summed E-state index contributed by atoms with van der Waals surface area (Å²) in [4.78, 5) is 25.6. The third-order valence-corrected chi connectivity index (χ3v) is 4.73. The van der Waals surface area contributed by atoms with E-state index in [2.05, 4.69) is 25.4 Å². The average molecular weight is 401 g/mol. The molecule has 0 aliphatic rings. The number of nitrogens with zero attached hydrogens (tertiary/aromatic N) is 5. The summed E-state index contributed by atoms with van der Waals surface area (Å²) in [5, 5.41) is 8.01. The largest absolute Gasteiger partial charge is 0.475 e. The van der Waals surface area contributed by atoms with Crippen molar-refractivity contribution in [3.8, 4) is 5.88 Å². The lowest BCUT2D eigenvalue weighted by Gasteiger charge is -2.11. The molecule has 9 heteroatoms. The molecule has 28 heavy (non-hydrogen) atoms. The quantitative estimate of drug-likeness (QED) is 0.609. The molecule has 0 aliphatic carbocycles. The molecule has 0 unspecified atom stereocenters. The molecule has 3 rings (SSSR count). The first-order valence-electron chi connectivity index (χ1n) is 9.02. The van der Waals surface area contributed by atoms with Crippen LogP contribution in [0.3, 0.4) is 0 Å². The minimum Gasteiger partial charge on any atom is -0.475 e. The van der Waals surface area contributed by atoms with E-state index in [0.717, 1.165) is 22.5 Å². The zero-order valence-corrected chi connectivity index (χ0v) is 17.5. The highest BCUT2D eigenvalue weighted by Crippen LogP contribution is 2.17. The first kappa shape index (κ1) is 20.1. The van der Waals surface area contributed by atoms with E-state index in [4.69, 9.17) is 4.74 Å². The van der Waals surface area contributed by atoms with Crippen LogP contribution in [-0.2, 0) is 17.8 Å². The van der Waals surface area contributed by atoms with Crippen molar-refractivity contribution in [1.82, 2.24) is 29.9 Å². The number of hydrogen-bond donors (Lipinski definition) is 1. The second-order valence-corrected chi connectivity index (χ2v) is 7.47. The molecular formula is C19H24N6O2S. The van der Waals surface area contributed by atoms with Gasteiger partial charge in [-0.3, -0.25) is 4.79 Å². The number of amides is 1. The SMILES string of the molecule is CSc1nc2nc(C)c(CC(=O)NCc3ccc(OC(C)C)nc3)c(C)n2n1. The van der Waals surface area contributed by atoms with Gasteiger partial charge in [0, 0.05) is 35.8 Å². The van der Waals surface area contributed by atoms with Crippen molar-refractivity contribution >= 4 is 23.4 Å². The fourth-order valence-corrected chi connectivity index (χ4v) is 3.12. The number of nitrogens with one attached hydrogen (secondary N) is 1. The maximum Gasteiger partial charge on any atom is 0.253 e. The Morgan fingerprint density at radius 1 is 1.29 bits per heavy atom. The van der Waals surface area contributed by atoms with E-state index in [1.807, 2.05) is 46.1 Å². The average Bonchev–Trinajstić information content (AvgIpc) is 3.07. The smallest absolute Gasteiger partial charge is 0.253 e. The molecule has 0 atom stereocenters. The van der Waals surface area contributed by atoms with Gasteiger partial charge in [0.2, 0.25) is 16.9 Å². The van der Waals surface area contributed by atoms with Gasteiger partial charge >= 0.3 is 0 Å². The highest BCUT2D eigenvalue weighted by Gasteiger charge is 2.16. The molecule has 0 radical (unpaired) electrons. The van der Waals surface area contributed by atoms with E-state index >= 15 is 0 Å². The Labute approximate surface area is 168 Å². The fourth-order valence-electron chi connectivity index (χ4n) is 2.78. The van der Waals surface area contributed by atoms with Crippen LogP contribution in [0, 0.1) is 13.8 Å². The van der Waals surface area contributed by atoms with Gasteiger partial charge in [-0.05, 0) is 39.5 Å². The number of thioether (sulfide) groups is 1. The van der Waals surface area contributed by atoms with Crippen molar-refractivity contribution < 1.29 is 9.53 Å². The van der Waals surface area contributed by atoms with Gasteiger partial charge in [-0.25, -0.2) is 14.5 Å². The minimum absolute atomic E-state index is 0.0764. The number of ether oxygens (including phenoxy) is 1. The first-order valence-corrected chi connectivity index (χ1v) is 10.2. The van der Waals surface area contributed by atoms with Gasteiger partial charge < -0.3 is 10.1 Å². The zero-order valence-electron chi connectivity index (χ0n) is 16.7. The summed E-state index contributed by atoms with van der Waals surface area (Å²) < 4.78 is 7.22. The van der Waals surface area contributed by atoms with Crippen molar-refractivity contribution in [3.63, 3.8) is 0 Å². The Hall–Kier alpha value is -2.68. The molecule has 148 valence electrons. The molecule has 3 aromatic rings. The van der Waals surface area contributed by atoms with Gasteiger partial charge in [0.05, 0.1) is 12.5 Å². The summed E-state index contributed by atoms with van der Waals surface area (Å²) >= 11 is 1.46. The number of rotatable bonds is 7. The molecular weight excluding hydrogens is 376 g/mol. The van der Waals surface area contributed by atoms with Crippen molar-refractivity contribution in [2.75, 3.05) is 6.26 Å². The van der Waals surface area contributed by atoms with Crippen LogP contribution in [0.4, 0.5) is 0 Å². The van der Waals surface area contributed by atoms with Crippen LogP contribution >= 0.6 is 11.8 Å². The predicted molar refractivity (Wildman–Crippen MR) is 108 cm³/mol. The lowest BCUT2D eigenvalue weighted by molar-refractivity contribution is -0.120. The van der Waals surface area contributed by atoms with Gasteiger partial charge in [-0.15, -0.1) is 5.10 Å². The number of pyridine rings is 1. The first-order chi connectivity index (χ1) is 13.4. The Morgan fingerprint density at radius 2 is 2.07 bits per heavy atom. The zero-order chi connectivity index (χ0) is 20.3. The summed E-state index contributed by atoms with van der Waals surface area (Å²) in [6, 6.07) is 3.70. The highest BCUT2D eigenvalue weighted by atomic mass is 32.2. The van der Waals surface area contributed by atoms with Crippen LogP contribution in [0.5, 0.6) is 5.88 Å². The topological polar surface area (TPSA) is 94.3 Å². The second kappa shape index (κ2) is 8.55. The number of hydrogen-bond acceptors (Lipinski definition) is 7. The summed E-state index contributed by atoms with van der Waals surface area (Å²) in [5.74, 6) is 1.05. The van der Waals surface area contributed by atoms with Crippen LogP contribution in [0.25, 0.3) is 5.78 Å². The normalized spacial score (nSPS) is 11.2. The number of aryl methyl sites for hydroxylation is 2. The number of carbonyl (C=O) groups excluding carboxylic acids is 1. The van der Waals surface area contributed by atoms with Crippen molar-refractivity contribution in [1.29, 1.82) is 0 Å². The Bertz CT molecular complexity index is 984. The third-order valence-electron chi connectivity index (χ3n) is 4.19. The molecule has 0 saturated heterocycles. The van der Waals surface area contributed by atoms with Crippen LogP contribution in [0.2, 0.25) is 0 Å². The highest BCUT2D eigenvalue weighted by molar-refractivity contribution is 7.98. The standard InChI is InChI=1S/C19H24N6O2S/c1-11(2)27-17-7-6-14(10-21-17)9-20-16(26)8-15-12(3)22-18-23-19(28-5)24-25(18)13(15)4/h6-7,10-11H,8-9H2,1-5H3,(H,20,26). The van der Waals surface area contributed by atoms with Crippen LogP contribution in [0.1, 0.15) is 36.4 Å². The van der Waals surface area contributed by atoms with E-state index in [1.165, 1.54) is 11.8 Å². The summed E-state index contributed by atoms with van der Waals surface area (Å²) in [6.45, 7) is 8.13. The van der Waals surface area contributed by atoms with Gasteiger partial charge in [0.15, 0.2) is 0 Å². The molecule has 1 N–H and O–H groups in total. The molecule has 3 heterocycles. The maximum atomic E-state index is 12.5. The number of aromatic nitrogens is 5. The number of carbonyl (C=O) groups is 1. The van der Waals surface area contributed by atoms with E-state index in [0.29, 0.717) is 23.4 Å². The minimum atomic E-state index is -0.0833. The monoisotopic (exact) mass is 400 g/mol. The lowest BCUT2D eigenvalue weighted by Crippen LogP contribution is -2.26. The maximum absolute atomic E-state index is 12.5. The Morgan fingerprint density at radius 3 is 2.71 bits per heavy atom. The van der Waals surface area contributed by atoms with E-state index < -0.39 is 0 Å². The molecule has 1 amide bonds. The molecule has 0 saturated carbocycles. The lowest BCUT2D eigenvalue weighted by atomic mass is 10.1. The van der Waals surface area contributed by atoms with Crippen LogP contribution in [-0.4, -0.2) is 42.8 Å². The molecule has 0 bridgehead atoms. The summed E-state index contributed by atoms with van der Waals surface area (Å²) in [7, 11) is 0. The summed E-state index contributed by atoms with van der Waals surface area (Å²) in [5.41, 5.74) is 3.44. The molecule has 0 aliphatic heterocycles.